The molecule has 12 heteroatoms. The van der Waals surface area contributed by atoms with Gasteiger partial charge in [-0.25, -0.2) is 0 Å². The van der Waals surface area contributed by atoms with E-state index in [0.717, 1.165) is 103 Å². The standard InChI is InChI=1S/C53H105N7O5/c1-7-13-17-19-21-23-25-27-29-31-38-57(50(62)40-56-37-33-36-54)44-53(65)60(42-48(12-6)35-16-10-4)46-51(63)58(39-32-30-28-26-24-22-20-18-14-8-2)45-52(64)59(43-49(55)61)41-47(11-5)34-15-9-3/h47-48,56H,7-46,54H2,1-6H3,(H2,55,61). The molecule has 0 aliphatic rings. The van der Waals surface area contributed by atoms with E-state index in [4.69, 9.17) is 11.5 Å². The van der Waals surface area contributed by atoms with Crippen molar-refractivity contribution >= 4 is 29.5 Å². The fourth-order valence-electron chi connectivity index (χ4n) is 8.64. The molecule has 0 fully saturated rings. The third-order valence-electron chi connectivity index (χ3n) is 13.2. The van der Waals surface area contributed by atoms with Crippen molar-refractivity contribution in [3.05, 3.63) is 0 Å². The highest BCUT2D eigenvalue weighted by molar-refractivity contribution is 5.91. The summed E-state index contributed by atoms with van der Waals surface area (Å²) >= 11 is 0. The van der Waals surface area contributed by atoms with Gasteiger partial charge in [0.2, 0.25) is 29.5 Å². The molecule has 0 aromatic rings. The van der Waals surface area contributed by atoms with E-state index >= 15 is 0 Å². The zero-order valence-electron chi connectivity index (χ0n) is 43.4. The van der Waals surface area contributed by atoms with Gasteiger partial charge in [0, 0.05) is 26.2 Å². The maximum atomic E-state index is 14.6. The molecule has 0 aromatic carbocycles. The van der Waals surface area contributed by atoms with Crippen LogP contribution in [0.1, 0.15) is 228 Å². The number of hydrogen-bond acceptors (Lipinski definition) is 7. The summed E-state index contributed by atoms with van der Waals surface area (Å²) in [6.07, 6.45) is 31.8. The minimum absolute atomic E-state index is 0.0910. The number of hydrogen-bond donors (Lipinski definition) is 3. The summed E-state index contributed by atoms with van der Waals surface area (Å²) < 4.78 is 0. The predicted molar refractivity (Wildman–Crippen MR) is 272 cm³/mol. The Morgan fingerprint density at radius 1 is 0.415 bits per heavy atom. The Bertz CT molecular complexity index is 1190. The van der Waals surface area contributed by atoms with Gasteiger partial charge in [-0.15, -0.1) is 0 Å². The molecule has 2 atom stereocenters. The number of nitrogens with two attached hydrogens (primary N) is 2. The van der Waals surface area contributed by atoms with Gasteiger partial charge in [0.1, 0.15) is 0 Å². The van der Waals surface area contributed by atoms with Crippen LogP contribution in [-0.4, -0.2) is 121 Å². The van der Waals surface area contributed by atoms with E-state index in [1.807, 2.05) is 0 Å². The summed E-state index contributed by atoms with van der Waals surface area (Å²) in [5.74, 6) is -1.07. The smallest absolute Gasteiger partial charge is 0.242 e. The molecule has 0 aromatic heterocycles. The van der Waals surface area contributed by atoms with Crippen LogP contribution in [0.25, 0.3) is 0 Å². The zero-order valence-corrected chi connectivity index (χ0v) is 43.4. The second kappa shape index (κ2) is 43.8. The number of amides is 5. The van der Waals surface area contributed by atoms with Gasteiger partial charge in [0.25, 0.3) is 0 Å². The SMILES string of the molecule is CCCCCCCCCCCCN(CC(=O)N(CC(=O)N(CCCCCCCCCCCC)CC(=O)N(CC(N)=O)CC(CC)CCCC)CC(CC)CCCC)C(=O)CNCCCN. The third kappa shape index (κ3) is 34.3. The number of carbonyl (C=O) groups is 5. The van der Waals surface area contributed by atoms with Crippen LogP contribution in [0.2, 0.25) is 0 Å². The second-order valence-corrected chi connectivity index (χ2v) is 19.2. The average Bonchev–Trinajstić information content (AvgIpc) is 3.29. The first-order valence-electron chi connectivity index (χ1n) is 27.3. The molecule has 12 nitrogen and oxygen atoms in total. The lowest BCUT2D eigenvalue weighted by Crippen LogP contribution is -2.52. The Hall–Kier alpha value is -2.73. The Morgan fingerprint density at radius 2 is 0.754 bits per heavy atom. The largest absolute Gasteiger partial charge is 0.368 e. The van der Waals surface area contributed by atoms with Crippen LogP contribution in [0.4, 0.5) is 0 Å². The van der Waals surface area contributed by atoms with E-state index in [-0.39, 0.29) is 68.2 Å². The van der Waals surface area contributed by atoms with Gasteiger partial charge in [0.05, 0.1) is 32.7 Å². The van der Waals surface area contributed by atoms with Crippen molar-refractivity contribution in [3.8, 4) is 0 Å². The predicted octanol–water partition coefficient (Wildman–Crippen LogP) is 10.00. The Labute approximate surface area is 400 Å². The Balaban J connectivity index is 6.37. The lowest BCUT2D eigenvalue weighted by Gasteiger charge is -2.33. The van der Waals surface area contributed by atoms with Crippen LogP contribution < -0.4 is 16.8 Å². The molecule has 0 saturated carbocycles. The van der Waals surface area contributed by atoms with E-state index in [2.05, 4.69) is 46.9 Å². The van der Waals surface area contributed by atoms with Crippen molar-refractivity contribution in [1.82, 2.24) is 24.9 Å². The number of carbonyl (C=O) groups excluding carboxylic acids is 5. The van der Waals surface area contributed by atoms with Crippen molar-refractivity contribution in [2.75, 3.05) is 72.0 Å². The highest BCUT2D eigenvalue weighted by Crippen LogP contribution is 2.18. The van der Waals surface area contributed by atoms with Gasteiger partial charge in [-0.3, -0.25) is 24.0 Å². The van der Waals surface area contributed by atoms with E-state index in [9.17, 15) is 24.0 Å². The van der Waals surface area contributed by atoms with Gasteiger partial charge >= 0.3 is 0 Å². The third-order valence-corrected chi connectivity index (χ3v) is 13.2. The Kier molecular flexibility index (Phi) is 42.0. The molecule has 0 radical (unpaired) electrons. The van der Waals surface area contributed by atoms with Gasteiger partial charge in [-0.2, -0.15) is 0 Å². The minimum Gasteiger partial charge on any atom is -0.368 e. The maximum Gasteiger partial charge on any atom is 0.242 e. The first-order valence-corrected chi connectivity index (χ1v) is 27.3. The maximum absolute atomic E-state index is 14.6. The van der Waals surface area contributed by atoms with Crippen LogP contribution >= 0.6 is 0 Å². The molecule has 0 bridgehead atoms. The summed E-state index contributed by atoms with van der Waals surface area (Å²) in [6.45, 7) is 15.4. The topological polar surface area (TPSA) is 162 Å². The van der Waals surface area contributed by atoms with Crippen molar-refractivity contribution in [2.45, 2.75) is 228 Å². The first kappa shape index (κ1) is 62.3. The first-order chi connectivity index (χ1) is 31.5. The summed E-state index contributed by atoms with van der Waals surface area (Å²) in [6, 6.07) is 0. The van der Waals surface area contributed by atoms with Crippen LogP contribution in [0.5, 0.6) is 0 Å². The average molecular weight is 920 g/mol. The Morgan fingerprint density at radius 3 is 1.12 bits per heavy atom. The van der Waals surface area contributed by atoms with Crippen molar-refractivity contribution in [3.63, 3.8) is 0 Å². The van der Waals surface area contributed by atoms with Crippen molar-refractivity contribution < 1.29 is 24.0 Å². The van der Waals surface area contributed by atoms with Crippen LogP contribution in [-0.2, 0) is 24.0 Å². The van der Waals surface area contributed by atoms with E-state index in [1.54, 1.807) is 19.6 Å². The fourth-order valence-corrected chi connectivity index (χ4v) is 8.64. The van der Waals surface area contributed by atoms with E-state index in [1.165, 1.54) is 83.5 Å². The zero-order chi connectivity index (χ0) is 48.3. The second-order valence-electron chi connectivity index (χ2n) is 19.2. The van der Waals surface area contributed by atoms with Crippen molar-refractivity contribution in [1.29, 1.82) is 0 Å². The molecule has 5 amide bonds. The fraction of sp³-hybridized carbons (Fsp3) is 0.906. The number of rotatable bonds is 47. The minimum atomic E-state index is -0.572. The van der Waals surface area contributed by atoms with E-state index < -0.39 is 5.91 Å². The van der Waals surface area contributed by atoms with Gasteiger partial charge in [0.15, 0.2) is 0 Å². The monoisotopic (exact) mass is 920 g/mol. The molecule has 65 heavy (non-hydrogen) atoms. The molecular weight excluding hydrogens is 815 g/mol. The summed E-state index contributed by atoms with van der Waals surface area (Å²) in [5, 5.41) is 3.21. The molecule has 0 spiro atoms. The molecule has 5 N–H and O–H groups in total. The van der Waals surface area contributed by atoms with Gasteiger partial charge in [-0.1, -0.05) is 196 Å². The van der Waals surface area contributed by atoms with Crippen LogP contribution in [0.15, 0.2) is 0 Å². The summed E-state index contributed by atoms with van der Waals surface area (Å²) in [5.41, 5.74) is 11.4. The quantitative estimate of drug-likeness (QED) is 0.0512. The molecule has 382 valence electrons. The normalized spacial score (nSPS) is 12.2. The van der Waals surface area contributed by atoms with Crippen LogP contribution in [0, 0.1) is 11.8 Å². The van der Waals surface area contributed by atoms with E-state index in [0.29, 0.717) is 39.3 Å². The van der Waals surface area contributed by atoms with Gasteiger partial charge < -0.3 is 36.4 Å². The number of primary amides is 1. The number of unbranched alkanes of at least 4 members (excludes halogenated alkanes) is 20. The van der Waals surface area contributed by atoms with Crippen LogP contribution in [0.3, 0.4) is 0 Å². The lowest BCUT2D eigenvalue weighted by molar-refractivity contribution is -0.147. The molecule has 0 aliphatic carbocycles. The molecule has 2 unspecified atom stereocenters. The molecular formula is C53H105N7O5. The summed E-state index contributed by atoms with van der Waals surface area (Å²) in [7, 11) is 0. The number of nitrogens with zero attached hydrogens (tertiary/aromatic N) is 4. The lowest BCUT2D eigenvalue weighted by atomic mass is 9.98. The molecule has 0 aliphatic heterocycles. The molecule has 0 saturated heterocycles. The highest BCUT2D eigenvalue weighted by Gasteiger charge is 2.29. The number of nitrogens with one attached hydrogen (secondary N) is 1. The van der Waals surface area contributed by atoms with Crippen molar-refractivity contribution in [2.24, 2.45) is 23.3 Å². The molecule has 0 rings (SSSR count). The summed E-state index contributed by atoms with van der Waals surface area (Å²) in [4.78, 5) is 75.8. The highest BCUT2D eigenvalue weighted by atomic mass is 16.2. The van der Waals surface area contributed by atoms with Gasteiger partial charge in [-0.05, 0) is 57.0 Å². The molecule has 0 heterocycles.